The van der Waals surface area contributed by atoms with Crippen LogP contribution in [-0.4, -0.2) is 18.4 Å². The molecule has 3 aromatic carbocycles. The molecule has 2 N–H and O–H groups in total. The zero-order valence-corrected chi connectivity index (χ0v) is 16.7. The number of halogens is 1. The van der Waals surface area contributed by atoms with Crippen molar-refractivity contribution < 1.29 is 13.2 Å². The number of hydrogen-bond acceptors (Lipinski definition) is 5. The largest absolute Gasteiger partial charge is 0.436 e. The summed E-state index contributed by atoms with van der Waals surface area (Å²) >= 11 is 6.15. The molecular weight excluding hydrogens is 410 g/mol. The van der Waals surface area contributed by atoms with E-state index in [9.17, 15) is 8.42 Å². The molecule has 4 aromatic rings. The molecule has 8 heteroatoms. The minimum absolute atomic E-state index is 0.221. The molecule has 6 nitrogen and oxygen atoms in total. The summed E-state index contributed by atoms with van der Waals surface area (Å²) in [5.41, 5.74) is 3.15. The summed E-state index contributed by atoms with van der Waals surface area (Å²) in [6.45, 7) is 0. The van der Waals surface area contributed by atoms with Crippen LogP contribution in [0.1, 0.15) is 5.56 Å². The van der Waals surface area contributed by atoms with E-state index in [1.807, 2.05) is 36.4 Å². The third-order valence-corrected chi connectivity index (χ3v) is 5.26. The van der Waals surface area contributed by atoms with E-state index in [0.717, 1.165) is 11.1 Å². The number of nitrogens with zero attached hydrogens (tertiary/aromatic N) is 2. The number of benzene rings is 3. The number of sulfonamides is 1. The van der Waals surface area contributed by atoms with Crippen molar-refractivity contribution in [2.24, 2.45) is 5.14 Å². The molecule has 0 aliphatic carbocycles. The zero-order chi connectivity index (χ0) is 20.4. The lowest BCUT2D eigenvalue weighted by atomic mass is 10.0. The number of rotatable bonds is 5. The van der Waals surface area contributed by atoms with Gasteiger partial charge in [-0.2, -0.15) is 0 Å². The van der Waals surface area contributed by atoms with Gasteiger partial charge in [-0.15, -0.1) is 0 Å². The zero-order valence-electron chi connectivity index (χ0n) is 15.1. The lowest BCUT2D eigenvalue weighted by Crippen LogP contribution is -2.15. The van der Waals surface area contributed by atoms with Crippen LogP contribution in [0.3, 0.4) is 0 Å². The molecule has 0 aliphatic heterocycles. The molecule has 4 rings (SSSR count). The maximum absolute atomic E-state index is 11.7. The van der Waals surface area contributed by atoms with Crippen molar-refractivity contribution in [3.05, 3.63) is 83.5 Å². The van der Waals surface area contributed by atoms with Gasteiger partial charge in [-0.05, 0) is 17.7 Å². The highest BCUT2D eigenvalue weighted by Crippen LogP contribution is 2.37. The first-order valence-electron chi connectivity index (χ1n) is 8.67. The summed E-state index contributed by atoms with van der Waals surface area (Å²) in [6.07, 6.45) is 1.46. The van der Waals surface area contributed by atoms with Crippen molar-refractivity contribution in [2.45, 2.75) is 5.75 Å². The summed E-state index contributed by atoms with van der Waals surface area (Å²) in [7, 11) is -3.76. The van der Waals surface area contributed by atoms with Crippen molar-refractivity contribution in [1.29, 1.82) is 0 Å². The molecule has 0 amide bonds. The predicted octanol–water partition coefficient (Wildman–Crippen LogP) is 4.53. The lowest BCUT2D eigenvalue weighted by Gasteiger charge is -2.15. The number of ether oxygens (including phenoxy) is 1. The smallest absolute Gasteiger partial charge is 0.238 e. The summed E-state index contributed by atoms with van der Waals surface area (Å²) in [5, 5.41) is 5.77. The van der Waals surface area contributed by atoms with E-state index in [2.05, 4.69) is 9.97 Å². The van der Waals surface area contributed by atoms with Crippen LogP contribution < -0.4 is 9.88 Å². The number of primary sulfonamides is 1. The topological polar surface area (TPSA) is 95.2 Å². The van der Waals surface area contributed by atoms with Crippen molar-refractivity contribution in [1.82, 2.24) is 9.97 Å². The Morgan fingerprint density at radius 2 is 1.72 bits per heavy atom. The second-order valence-corrected chi connectivity index (χ2v) is 8.41. The molecule has 0 aliphatic rings. The van der Waals surface area contributed by atoms with Gasteiger partial charge in [0.25, 0.3) is 0 Å². The number of aromatic nitrogens is 2. The maximum atomic E-state index is 11.7. The van der Waals surface area contributed by atoms with Crippen LogP contribution in [0.25, 0.3) is 22.2 Å². The fraction of sp³-hybridized carbons (Fsp3) is 0.0476. The van der Waals surface area contributed by atoms with Gasteiger partial charge in [0.05, 0.1) is 22.5 Å². The molecular formula is C21H16ClN3O3S. The second-order valence-electron chi connectivity index (χ2n) is 6.38. The summed E-state index contributed by atoms with van der Waals surface area (Å²) < 4.78 is 29.5. The number of fused-ring (bicyclic) bond motifs is 1. The van der Waals surface area contributed by atoms with Crippen molar-refractivity contribution in [3.8, 4) is 22.8 Å². The Morgan fingerprint density at radius 1 is 0.966 bits per heavy atom. The molecule has 0 saturated heterocycles. The Balaban J connectivity index is 1.84. The molecule has 0 unspecified atom stereocenters. The monoisotopic (exact) mass is 425 g/mol. The highest BCUT2D eigenvalue weighted by Gasteiger charge is 2.17. The fourth-order valence-electron chi connectivity index (χ4n) is 3.02. The normalized spacial score (nSPS) is 11.5. The molecule has 0 fully saturated rings. The van der Waals surface area contributed by atoms with E-state index >= 15 is 0 Å². The molecule has 29 heavy (non-hydrogen) atoms. The van der Waals surface area contributed by atoms with E-state index in [1.54, 1.807) is 30.3 Å². The van der Waals surface area contributed by atoms with E-state index in [1.165, 1.54) is 6.20 Å². The Labute approximate surface area is 173 Å². The Hall–Kier alpha value is -3.00. The Kier molecular flexibility index (Phi) is 5.19. The van der Waals surface area contributed by atoms with E-state index in [4.69, 9.17) is 21.5 Å². The average molecular weight is 426 g/mol. The highest BCUT2D eigenvalue weighted by atomic mass is 35.5. The van der Waals surface area contributed by atoms with Crippen molar-refractivity contribution in [2.75, 3.05) is 0 Å². The van der Waals surface area contributed by atoms with Gasteiger partial charge in [0, 0.05) is 11.1 Å². The average Bonchev–Trinajstić information content (AvgIpc) is 2.69. The van der Waals surface area contributed by atoms with Crippen LogP contribution in [-0.2, 0) is 15.8 Å². The van der Waals surface area contributed by atoms with E-state index < -0.39 is 10.0 Å². The first-order chi connectivity index (χ1) is 13.9. The van der Waals surface area contributed by atoms with Crippen molar-refractivity contribution in [3.63, 3.8) is 0 Å². The number of hydrogen-bond donors (Lipinski definition) is 1. The number of para-hydroxylation sites is 2. The van der Waals surface area contributed by atoms with E-state index in [0.29, 0.717) is 27.4 Å². The van der Waals surface area contributed by atoms with Gasteiger partial charge >= 0.3 is 0 Å². The summed E-state index contributed by atoms with van der Waals surface area (Å²) in [4.78, 5) is 8.77. The van der Waals surface area contributed by atoms with Crippen molar-refractivity contribution >= 4 is 32.7 Å². The molecule has 0 atom stereocenters. The Morgan fingerprint density at radius 3 is 2.48 bits per heavy atom. The summed E-state index contributed by atoms with van der Waals surface area (Å²) in [5.74, 6) is 0.220. The van der Waals surface area contributed by atoms with Crippen LogP contribution in [0.4, 0.5) is 0 Å². The predicted molar refractivity (Wildman–Crippen MR) is 113 cm³/mol. The molecule has 0 saturated carbocycles. The number of nitrogens with two attached hydrogens (primary N) is 1. The minimum atomic E-state index is -3.76. The van der Waals surface area contributed by atoms with Crippen LogP contribution in [0.15, 0.2) is 72.9 Å². The quantitative estimate of drug-likeness (QED) is 0.506. The van der Waals surface area contributed by atoms with Gasteiger partial charge in [0.1, 0.15) is 11.3 Å². The molecule has 0 spiro atoms. The van der Waals surface area contributed by atoms with Gasteiger partial charge in [-0.3, -0.25) is 0 Å². The minimum Gasteiger partial charge on any atom is -0.436 e. The first kappa shape index (κ1) is 19.3. The lowest BCUT2D eigenvalue weighted by molar-refractivity contribution is 0.460. The van der Waals surface area contributed by atoms with Gasteiger partial charge in [0.2, 0.25) is 15.9 Å². The van der Waals surface area contributed by atoms with Gasteiger partial charge in [-0.1, -0.05) is 66.2 Å². The Bertz CT molecular complexity index is 1300. The molecule has 0 bridgehead atoms. The third kappa shape index (κ3) is 4.37. The molecule has 1 heterocycles. The van der Waals surface area contributed by atoms with Gasteiger partial charge < -0.3 is 4.74 Å². The van der Waals surface area contributed by atoms with Crippen LogP contribution in [0.5, 0.6) is 11.6 Å². The first-order valence-corrected chi connectivity index (χ1v) is 10.8. The van der Waals surface area contributed by atoms with Gasteiger partial charge in [-0.25, -0.2) is 23.5 Å². The maximum Gasteiger partial charge on any atom is 0.238 e. The van der Waals surface area contributed by atoms with Gasteiger partial charge in [0.15, 0.2) is 0 Å². The van der Waals surface area contributed by atoms with E-state index in [-0.39, 0.29) is 11.6 Å². The highest BCUT2D eigenvalue weighted by molar-refractivity contribution is 7.88. The molecule has 1 aromatic heterocycles. The van der Waals surface area contributed by atoms with Crippen LogP contribution in [0.2, 0.25) is 5.02 Å². The summed E-state index contributed by atoms with van der Waals surface area (Å²) in [6, 6.07) is 20.1. The third-order valence-electron chi connectivity index (χ3n) is 4.24. The SMILES string of the molecule is NS(=O)(=O)Cc1cccc(-c2ccccc2)c1Oc1cnc2c(Cl)cccc2n1. The second kappa shape index (κ2) is 7.79. The standard InChI is InChI=1S/C21H16ClN3O3S/c22-17-10-5-11-18-20(17)24-12-19(25-18)28-21-15(13-29(23,26)27)8-4-9-16(21)14-6-2-1-3-7-14/h1-12H,13H2,(H2,23,26,27). The molecule has 0 radical (unpaired) electrons. The fourth-order valence-corrected chi connectivity index (χ4v) is 3.90. The van der Waals surface area contributed by atoms with Crippen LogP contribution >= 0.6 is 11.6 Å². The van der Waals surface area contributed by atoms with Crippen LogP contribution in [0, 0.1) is 0 Å². The molecule has 146 valence electrons.